The van der Waals surface area contributed by atoms with Crippen LogP contribution in [-0.4, -0.2) is 10.7 Å². The van der Waals surface area contributed by atoms with Gasteiger partial charge in [-0.2, -0.15) is 0 Å². The first-order chi connectivity index (χ1) is 7.40. The molecule has 0 fully saturated rings. The van der Waals surface area contributed by atoms with Crippen LogP contribution in [0.3, 0.4) is 0 Å². The van der Waals surface area contributed by atoms with E-state index in [-0.39, 0.29) is 0 Å². The van der Waals surface area contributed by atoms with E-state index in [1.54, 1.807) is 0 Å². The third kappa shape index (κ3) is 2.95. The summed E-state index contributed by atoms with van der Waals surface area (Å²) in [4.78, 5) is 5.99. The second kappa shape index (κ2) is 5.52. The van der Waals surface area contributed by atoms with Gasteiger partial charge in [0.2, 0.25) is 0 Å². The smallest absolute Gasteiger partial charge is 0.150 e. The van der Waals surface area contributed by atoms with E-state index >= 15 is 0 Å². The molecule has 0 amide bonds. The average molecular weight is 237 g/mol. The number of nitrogens with zero attached hydrogens (tertiary/aromatic N) is 1. The Morgan fingerprint density at radius 3 is 3.27 bits per heavy atom. The maximum Gasteiger partial charge on any atom is 0.150 e. The van der Waals surface area contributed by atoms with Crippen LogP contribution in [0.4, 0.5) is 0 Å². The minimum atomic E-state index is 0.979. The molecule has 1 aliphatic carbocycles. The molecule has 15 heavy (non-hydrogen) atoms. The Bertz CT molecular complexity index is 377. The first-order valence-electron chi connectivity index (χ1n) is 5.36. The van der Waals surface area contributed by atoms with Gasteiger partial charge in [0.15, 0.2) is 4.34 Å². The van der Waals surface area contributed by atoms with Crippen molar-refractivity contribution in [1.82, 2.24) is 4.98 Å². The Hall–Kier alpha value is -0.540. The van der Waals surface area contributed by atoms with Gasteiger partial charge in [0, 0.05) is 12.2 Å². The largest absolute Gasteiger partial charge is 0.234 e. The van der Waals surface area contributed by atoms with Gasteiger partial charge >= 0.3 is 0 Å². The summed E-state index contributed by atoms with van der Waals surface area (Å²) in [6.45, 7) is 2.23. The summed E-state index contributed by atoms with van der Waals surface area (Å²) in [7, 11) is 0. The van der Waals surface area contributed by atoms with Crippen LogP contribution in [0, 0.1) is 0 Å². The number of thiazole rings is 1. The van der Waals surface area contributed by atoms with E-state index < -0.39 is 0 Å². The van der Waals surface area contributed by atoms with Crippen LogP contribution in [0.15, 0.2) is 22.6 Å². The van der Waals surface area contributed by atoms with Crippen molar-refractivity contribution >= 4 is 29.2 Å². The lowest BCUT2D eigenvalue weighted by Gasteiger charge is -1.93. The average Bonchev–Trinajstić information content (AvgIpc) is 2.49. The van der Waals surface area contributed by atoms with Gasteiger partial charge in [0.25, 0.3) is 0 Å². The van der Waals surface area contributed by atoms with E-state index in [1.165, 1.54) is 33.5 Å². The van der Waals surface area contributed by atoms with Gasteiger partial charge < -0.3 is 0 Å². The fourth-order valence-electron chi connectivity index (χ4n) is 1.38. The normalized spacial score (nSPS) is 13.9. The fraction of sp³-hybridized carbons (Fsp3) is 0.417. The summed E-state index contributed by atoms with van der Waals surface area (Å²) in [6, 6.07) is 0. The summed E-state index contributed by atoms with van der Waals surface area (Å²) < 4.78 is 1.23. The Kier molecular flexibility index (Phi) is 4.03. The molecule has 1 aromatic rings. The van der Waals surface area contributed by atoms with E-state index in [9.17, 15) is 0 Å². The zero-order valence-electron chi connectivity index (χ0n) is 8.90. The molecule has 0 bridgehead atoms. The third-order valence-electron chi connectivity index (χ3n) is 2.24. The zero-order valence-corrected chi connectivity index (χ0v) is 10.5. The van der Waals surface area contributed by atoms with Crippen LogP contribution < -0.4 is 0 Å². The summed E-state index contributed by atoms with van der Waals surface area (Å²) in [5, 5.41) is 0. The number of thioether (sulfide) groups is 1. The summed E-state index contributed by atoms with van der Waals surface area (Å²) in [5.41, 5.74) is 1.24. The molecule has 0 unspecified atom stereocenters. The minimum Gasteiger partial charge on any atom is -0.234 e. The molecule has 2 rings (SSSR count). The number of rotatable bonds is 4. The van der Waals surface area contributed by atoms with E-state index in [1.807, 2.05) is 23.1 Å². The summed E-state index contributed by atoms with van der Waals surface area (Å²) >= 11 is 3.72. The lowest BCUT2D eigenvalue weighted by atomic mass is 10.3. The molecule has 0 radical (unpaired) electrons. The first kappa shape index (κ1) is 11.0. The minimum absolute atomic E-state index is 0.979. The van der Waals surface area contributed by atoms with Crippen molar-refractivity contribution < 1.29 is 0 Å². The topological polar surface area (TPSA) is 12.9 Å². The Morgan fingerprint density at radius 2 is 2.40 bits per heavy atom. The number of hydrogen-bond acceptors (Lipinski definition) is 3. The van der Waals surface area contributed by atoms with Crippen LogP contribution in [0.2, 0.25) is 0 Å². The molecule has 0 aliphatic heterocycles. The van der Waals surface area contributed by atoms with Crippen molar-refractivity contribution in [2.75, 3.05) is 5.75 Å². The number of aromatic nitrogens is 1. The molecular weight excluding hydrogens is 222 g/mol. The van der Waals surface area contributed by atoms with Gasteiger partial charge in [-0.25, -0.2) is 4.98 Å². The summed E-state index contributed by atoms with van der Waals surface area (Å²) in [5.74, 6) is 1.20. The Morgan fingerprint density at radius 1 is 1.47 bits per heavy atom. The lowest BCUT2D eigenvalue weighted by Crippen LogP contribution is -1.83. The standard InChI is InChI=1S/C12H15NS2/c1-2-3-9-14-12-13-10-7-5-4-6-8-11(10)15-12/h4-6,8H,2-3,7,9H2,1H3. The fourth-order valence-corrected chi connectivity index (χ4v) is 3.66. The molecule has 1 nitrogen and oxygen atoms in total. The lowest BCUT2D eigenvalue weighted by molar-refractivity contribution is 0.895. The van der Waals surface area contributed by atoms with Gasteiger partial charge in [0.1, 0.15) is 0 Å². The first-order valence-corrected chi connectivity index (χ1v) is 7.16. The zero-order chi connectivity index (χ0) is 10.5. The van der Waals surface area contributed by atoms with E-state index in [0.29, 0.717) is 0 Å². The predicted molar refractivity (Wildman–Crippen MR) is 69.6 cm³/mol. The van der Waals surface area contributed by atoms with Crippen molar-refractivity contribution in [1.29, 1.82) is 0 Å². The molecule has 0 saturated carbocycles. The molecule has 1 aliphatic rings. The van der Waals surface area contributed by atoms with Crippen molar-refractivity contribution in [3.63, 3.8) is 0 Å². The molecule has 0 N–H and O–H groups in total. The highest BCUT2D eigenvalue weighted by atomic mass is 32.2. The van der Waals surface area contributed by atoms with Gasteiger partial charge in [0.05, 0.1) is 10.6 Å². The molecule has 0 spiro atoms. The monoisotopic (exact) mass is 237 g/mol. The molecule has 0 aromatic carbocycles. The van der Waals surface area contributed by atoms with Crippen molar-refractivity contribution in [2.24, 2.45) is 0 Å². The maximum absolute atomic E-state index is 4.66. The van der Waals surface area contributed by atoms with Gasteiger partial charge in [-0.3, -0.25) is 0 Å². The van der Waals surface area contributed by atoms with Crippen LogP contribution in [-0.2, 0) is 6.42 Å². The number of fused-ring (bicyclic) bond motifs is 1. The quantitative estimate of drug-likeness (QED) is 0.576. The predicted octanol–water partition coefficient (Wildman–Crippen LogP) is 4.16. The molecule has 1 heterocycles. The second-order valence-corrected chi connectivity index (χ2v) is 5.86. The molecule has 80 valence electrons. The Balaban J connectivity index is 2.03. The van der Waals surface area contributed by atoms with Crippen LogP contribution in [0.1, 0.15) is 30.3 Å². The van der Waals surface area contributed by atoms with Crippen molar-refractivity contribution in [2.45, 2.75) is 30.5 Å². The Labute approximate surface area is 99.3 Å². The third-order valence-corrected chi connectivity index (χ3v) is 4.53. The second-order valence-electron chi connectivity index (χ2n) is 3.48. The highest BCUT2D eigenvalue weighted by Crippen LogP contribution is 2.30. The van der Waals surface area contributed by atoms with Crippen molar-refractivity contribution in [3.8, 4) is 0 Å². The van der Waals surface area contributed by atoms with Crippen LogP contribution >= 0.6 is 23.1 Å². The van der Waals surface area contributed by atoms with Crippen molar-refractivity contribution in [3.05, 3.63) is 28.8 Å². The SMILES string of the molecule is CCCCSc1nc2c(s1)C=CC=CC2. The molecule has 0 atom stereocenters. The summed E-state index contributed by atoms with van der Waals surface area (Å²) in [6.07, 6.45) is 12.1. The van der Waals surface area contributed by atoms with E-state index in [4.69, 9.17) is 0 Å². The molecule has 0 saturated heterocycles. The molecular formula is C12H15NS2. The highest BCUT2D eigenvalue weighted by molar-refractivity contribution is 8.01. The van der Waals surface area contributed by atoms with Gasteiger partial charge in [-0.15, -0.1) is 11.3 Å². The van der Waals surface area contributed by atoms with E-state index in [2.05, 4.69) is 36.2 Å². The maximum atomic E-state index is 4.66. The van der Waals surface area contributed by atoms with Crippen LogP contribution in [0.25, 0.3) is 6.08 Å². The molecule has 3 heteroatoms. The number of hydrogen-bond donors (Lipinski definition) is 0. The highest BCUT2D eigenvalue weighted by Gasteiger charge is 2.08. The van der Waals surface area contributed by atoms with E-state index in [0.717, 1.165) is 6.42 Å². The van der Waals surface area contributed by atoms with Crippen LogP contribution in [0.5, 0.6) is 0 Å². The molecule has 1 aromatic heterocycles. The van der Waals surface area contributed by atoms with Gasteiger partial charge in [-0.05, 0) is 12.5 Å². The number of unbranched alkanes of at least 4 members (excludes halogenated alkanes) is 1. The van der Waals surface area contributed by atoms with Gasteiger partial charge in [-0.1, -0.05) is 43.3 Å². The number of allylic oxidation sites excluding steroid dienone is 3.